The highest BCUT2D eigenvalue weighted by atomic mass is 16.5. The van der Waals surface area contributed by atoms with E-state index in [0.29, 0.717) is 42.1 Å². The van der Waals surface area contributed by atoms with Crippen LogP contribution in [0.4, 0.5) is 0 Å². The Bertz CT molecular complexity index is 578. The Morgan fingerprint density at radius 2 is 2.12 bits per heavy atom. The molecule has 0 spiro atoms. The van der Waals surface area contributed by atoms with Gasteiger partial charge in [0.2, 0.25) is 0 Å². The Morgan fingerprint density at radius 1 is 1.42 bits per heavy atom. The minimum Gasteiger partial charge on any atom is -0.480 e. The highest BCUT2D eigenvalue weighted by Gasteiger charge is 2.33. The molecule has 1 saturated carbocycles. The number of nitrogens with one attached hydrogen (secondary N) is 1. The predicted molar refractivity (Wildman–Crippen MR) is 88.0 cm³/mol. The summed E-state index contributed by atoms with van der Waals surface area (Å²) in [5.74, 6) is 0.196. The minimum absolute atomic E-state index is 0.0917. The second-order valence-corrected chi connectivity index (χ2v) is 6.05. The van der Waals surface area contributed by atoms with Crippen molar-refractivity contribution in [1.82, 2.24) is 10.2 Å². The minimum atomic E-state index is -0.786. The maximum Gasteiger partial charge on any atom is 0.341 e. The molecule has 0 unspecified atom stereocenters. The molecule has 0 bridgehead atoms. The van der Waals surface area contributed by atoms with Gasteiger partial charge in [-0.2, -0.15) is 0 Å². The van der Waals surface area contributed by atoms with Crippen LogP contribution in [0.3, 0.4) is 0 Å². The summed E-state index contributed by atoms with van der Waals surface area (Å²) in [6.07, 6.45) is 2.48. The zero-order valence-electron chi connectivity index (χ0n) is 14.5. The van der Waals surface area contributed by atoms with Crippen LogP contribution in [0, 0.1) is 0 Å². The summed E-state index contributed by atoms with van der Waals surface area (Å²) in [6.45, 7) is 5.29. The fourth-order valence-electron chi connectivity index (χ4n) is 3.09. The molecule has 2 N–H and O–H groups in total. The first-order valence-corrected chi connectivity index (χ1v) is 8.37. The van der Waals surface area contributed by atoms with Gasteiger partial charge in [-0.1, -0.05) is 13.8 Å². The fourth-order valence-corrected chi connectivity index (χ4v) is 3.09. The van der Waals surface area contributed by atoms with E-state index in [2.05, 4.69) is 5.32 Å². The molecule has 1 aliphatic carbocycles. The molecule has 0 aromatic carbocycles. The molecule has 0 atom stereocenters. The molecule has 2 rings (SSSR count). The van der Waals surface area contributed by atoms with Crippen molar-refractivity contribution >= 4 is 11.9 Å². The number of carboxylic acids is 1. The van der Waals surface area contributed by atoms with Gasteiger partial charge in [0, 0.05) is 18.5 Å². The number of carboxylic acid groups (broad SMARTS) is 1. The maximum absolute atomic E-state index is 11.7. The predicted octanol–water partition coefficient (Wildman–Crippen LogP) is 1.66. The Morgan fingerprint density at radius 3 is 2.67 bits per heavy atom. The summed E-state index contributed by atoms with van der Waals surface area (Å²) in [7, 11) is 1.36. The molecule has 0 aliphatic heterocycles. The van der Waals surface area contributed by atoms with Crippen LogP contribution < -0.4 is 5.32 Å². The third-order valence-electron chi connectivity index (χ3n) is 4.53. The van der Waals surface area contributed by atoms with Crippen LogP contribution in [0.2, 0.25) is 0 Å². The Balaban J connectivity index is 1.82. The molecule has 1 fully saturated rings. The summed E-state index contributed by atoms with van der Waals surface area (Å²) < 4.78 is 10.5. The molecule has 7 heteroatoms. The van der Waals surface area contributed by atoms with Crippen LogP contribution in [0.25, 0.3) is 0 Å². The van der Waals surface area contributed by atoms with E-state index in [1.54, 1.807) is 6.07 Å². The number of furan rings is 1. The molecule has 0 radical (unpaired) electrons. The van der Waals surface area contributed by atoms with E-state index in [-0.39, 0.29) is 12.5 Å². The number of nitrogens with zero attached hydrogens (tertiary/aromatic N) is 1. The highest BCUT2D eigenvalue weighted by molar-refractivity contribution is 5.90. The molecular formula is C17H26N2O5. The number of methoxy groups -OCH3 is 1. The van der Waals surface area contributed by atoms with Crippen LogP contribution in [0.15, 0.2) is 10.5 Å². The zero-order chi connectivity index (χ0) is 17.7. The quantitative estimate of drug-likeness (QED) is 0.662. The van der Waals surface area contributed by atoms with E-state index in [4.69, 9.17) is 14.3 Å². The van der Waals surface area contributed by atoms with E-state index >= 15 is 0 Å². The number of aliphatic carboxylic acids is 1. The second kappa shape index (κ2) is 8.30. The van der Waals surface area contributed by atoms with Crippen LogP contribution >= 0.6 is 0 Å². The van der Waals surface area contributed by atoms with Gasteiger partial charge in [0.25, 0.3) is 0 Å². The van der Waals surface area contributed by atoms with Crippen molar-refractivity contribution in [3.63, 3.8) is 0 Å². The third kappa shape index (κ3) is 4.36. The number of rotatable bonds is 9. The van der Waals surface area contributed by atoms with Gasteiger partial charge in [0.15, 0.2) is 0 Å². The molecule has 0 amide bonds. The summed E-state index contributed by atoms with van der Waals surface area (Å²) >= 11 is 0. The normalized spacial score (nSPS) is 20.0. The number of hydrogen-bond acceptors (Lipinski definition) is 6. The summed E-state index contributed by atoms with van der Waals surface area (Å²) in [5, 5.41) is 12.3. The van der Waals surface area contributed by atoms with Gasteiger partial charge in [-0.3, -0.25) is 9.69 Å². The Kier molecular flexibility index (Phi) is 6.39. The molecule has 1 aromatic heterocycles. The Hall–Kier alpha value is -1.86. The highest BCUT2D eigenvalue weighted by Crippen LogP contribution is 2.26. The number of esters is 1. The zero-order valence-corrected chi connectivity index (χ0v) is 14.5. The summed E-state index contributed by atoms with van der Waals surface area (Å²) in [6, 6.07) is 2.39. The molecule has 134 valence electrons. The lowest BCUT2D eigenvalue weighted by Gasteiger charge is -2.42. The van der Waals surface area contributed by atoms with Gasteiger partial charge >= 0.3 is 11.9 Å². The number of hydrogen-bond donors (Lipinski definition) is 2. The largest absolute Gasteiger partial charge is 0.480 e. The van der Waals surface area contributed by atoms with E-state index in [1.165, 1.54) is 7.11 Å². The number of carbonyl (C=O) groups is 2. The van der Waals surface area contributed by atoms with E-state index in [1.807, 2.05) is 18.7 Å². The molecule has 0 saturated heterocycles. The average Bonchev–Trinajstić information content (AvgIpc) is 2.94. The van der Waals surface area contributed by atoms with Gasteiger partial charge < -0.3 is 19.6 Å². The van der Waals surface area contributed by atoms with Crippen LogP contribution in [0.1, 0.15) is 48.6 Å². The van der Waals surface area contributed by atoms with Gasteiger partial charge in [0.05, 0.1) is 20.2 Å². The monoisotopic (exact) mass is 338 g/mol. The number of carbonyl (C=O) groups excluding carboxylic acids is 1. The van der Waals surface area contributed by atoms with Crippen molar-refractivity contribution in [2.75, 3.05) is 20.2 Å². The number of ether oxygens (including phenoxy) is 1. The average molecular weight is 338 g/mol. The lowest BCUT2D eigenvalue weighted by atomic mass is 9.85. The van der Waals surface area contributed by atoms with Gasteiger partial charge in [-0.05, 0) is 25.5 Å². The van der Waals surface area contributed by atoms with Crippen LogP contribution in [-0.2, 0) is 22.5 Å². The smallest absolute Gasteiger partial charge is 0.341 e. The van der Waals surface area contributed by atoms with Crippen molar-refractivity contribution in [1.29, 1.82) is 0 Å². The van der Waals surface area contributed by atoms with Crippen LogP contribution in [-0.4, -0.2) is 54.2 Å². The van der Waals surface area contributed by atoms with Gasteiger partial charge in [0.1, 0.15) is 17.1 Å². The van der Waals surface area contributed by atoms with Crippen molar-refractivity contribution in [2.24, 2.45) is 0 Å². The lowest BCUT2D eigenvalue weighted by Crippen LogP contribution is -2.53. The molecular weight excluding hydrogens is 312 g/mol. The van der Waals surface area contributed by atoms with E-state index in [9.17, 15) is 9.59 Å². The maximum atomic E-state index is 11.7. The SMILES string of the molecule is CCc1oc(CNC2CC(N(CC)CC(=O)O)C2)cc1C(=O)OC. The summed E-state index contributed by atoms with van der Waals surface area (Å²) in [4.78, 5) is 24.5. The van der Waals surface area contributed by atoms with Crippen molar-refractivity contribution in [2.45, 2.75) is 51.7 Å². The first-order valence-electron chi connectivity index (χ1n) is 8.37. The molecule has 1 heterocycles. The van der Waals surface area contributed by atoms with E-state index < -0.39 is 5.97 Å². The first-order chi connectivity index (χ1) is 11.5. The molecule has 1 aliphatic rings. The number of likely N-dealkylation sites (N-methyl/N-ethyl adjacent to an activating group) is 1. The van der Waals surface area contributed by atoms with Crippen LogP contribution in [0.5, 0.6) is 0 Å². The standard InChI is InChI=1S/C17H26N2O5/c1-4-15-14(17(22)23-3)8-13(24-15)9-18-11-6-12(7-11)19(5-2)10-16(20)21/h8,11-12,18H,4-7,9-10H2,1-3H3,(H,20,21). The second-order valence-electron chi connectivity index (χ2n) is 6.05. The Labute approximate surface area is 142 Å². The van der Waals surface area contributed by atoms with Gasteiger partial charge in [-0.25, -0.2) is 4.79 Å². The first kappa shape index (κ1) is 18.5. The van der Waals surface area contributed by atoms with E-state index in [0.717, 1.165) is 19.4 Å². The molecule has 7 nitrogen and oxygen atoms in total. The van der Waals surface area contributed by atoms with Crippen molar-refractivity contribution in [3.05, 3.63) is 23.2 Å². The lowest BCUT2D eigenvalue weighted by molar-refractivity contribution is -0.139. The topological polar surface area (TPSA) is 92.0 Å². The third-order valence-corrected chi connectivity index (χ3v) is 4.53. The van der Waals surface area contributed by atoms with Crippen molar-refractivity contribution < 1.29 is 23.8 Å². The molecule has 24 heavy (non-hydrogen) atoms. The molecule has 1 aromatic rings. The van der Waals surface area contributed by atoms with Gasteiger partial charge in [-0.15, -0.1) is 0 Å². The van der Waals surface area contributed by atoms with Crippen molar-refractivity contribution in [3.8, 4) is 0 Å². The number of aryl methyl sites for hydroxylation is 1. The summed E-state index contributed by atoms with van der Waals surface area (Å²) in [5.41, 5.74) is 0.488. The fraction of sp³-hybridized carbons (Fsp3) is 0.647.